The zero-order valence-corrected chi connectivity index (χ0v) is 9.03. The Balaban J connectivity index is 2.53. The van der Waals surface area contributed by atoms with Gasteiger partial charge in [0, 0.05) is 18.8 Å². The van der Waals surface area contributed by atoms with Gasteiger partial charge >= 0.3 is 0 Å². The van der Waals surface area contributed by atoms with Crippen molar-refractivity contribution in [3.05, 3.63) is 0 Å². The lowest BCUT2D eigenvalue weighted by atomic mass is 10.1. The molecule has 0 aromatic carbocycles. The highest BCUT2D eigenvalue weighted by Crippen LogP contribution is 2.13. The maximum Gasteiger partial charge on any atom is 0.252 e. The fourth-order valence-corrected chi connectivity index (χ4v) is 1.39. The largest absolute Gasteiger partial charge is 0.329 e. The van der Waals surface area contributed by atoms with E-state index in [0.717, 1.165) is 12.3 Å². The van der Waals surface area contributed by atoms with Gasteiger partial charge < -0.3 is 10.6 Å². The highest BCUT2D eigenvalue weighted by Gasteiger charge is 2.31. The molecule has 0 spiro atoms. The van der Waals surface area contributed by atoms with Crippen LogP contribution in [-0.4, -0.2) is 55.3 Å². The van der Waals surface area contributed by atoms with Crippen molar-refractivity contribution in [2.45, 2.75) is 6.92 Å². The minimum Gasteiger partial charge on any atom is -0.329 e. The first-order chi connectivity index (χ1) is 6.56. The normalized spacial score (nSPS) is 22.1. The van der Waals surface area contributed by atoms with Crippen LogP contribution in [-0.2, 0) is 4.79 Å². The number of nitrogens with zero attached hydrogens (tertiary/aromatic N) is 3. The van der Waals surface area contributed by atoms with Crippen LogP contribution in [0.1, 0.15) is 6.92 Å². The van der Waals surface area contributed by atoms with Gasteiger partial charge in [0.15, 0.2) is 0 Å². The van der Waals surface area contributed by atoms with E-state index in [1.807, 2.05) is 25.9 Å². The van der Waals surface area contributed by atoms with Gasteiger partial charge in [-0.15, -0.1) is 0 Å². The van der Waals surface area contributed by atoms with Gasteiger partial charge in [0.2, 0.25) is 0 Å². The zero-order chi connectivity index (χ0) is 10.7. The van der Waals surface area contributed by atoms with Crippen molar-refractivity contribution in [3.8, 4) is 0 Å². The third kappa shape index (κ3) is 2.30. The van der Waals surface area contributed by atoms with Crippen molar-refractivity contribution in [3.63, 3.8) is 0 Å². The Morgan fingerprint density at radius 3 is 2.64 bits per heavy atom. The third-order valence-electron chi connectivity index (χ3n) is 2.33. The fraction of sp³-hybridized carbons (Fsp3) is 0.778. The van der Waals surface area contributed by atoms with E-state index < -0.39 is 0 Å². The molecule has 0 saturated carbocycles. The molecule has 1 amide bonds. The Morgan fingerprint density at radius 2 is 2.21 bits per heavy atom. The fourth-order valence-electron chi connectivity index (χ4n) is 1.39. The van der Waals surface area contributed by atoms with E-state index in [1.54, 1.807) is 0 Å². The molecule has 2 N–H and O–H groups in total. The van der Waals surface area contributed by atoms with E-state index in [2.05, 4.69) is 5.10 Å². The molecule has 1 rings (SSSR count). The summed E-state index contributed by atoms with van der Waals surface area (Å²) >= 11 is 0. The molecule has 5 heteroatoms. The first-order valence-electron chi connectivity index (χ1n) is 4.77. The molecule has 14 heavy (non-hydrogen) atoms. The topological polar surface area (TPSA) is 61.9 Å². The van der Waals surface area contributed by atoms with Crippen molar-refractivity contribution in [2.75, 3.05) is 33.7 Å². The molecular formula is C9H18N4O. The average Bonchev–Trinajstić information content (AvgIpc) is 2.38. The summed E-state index contributed by atoms with van der Waals surface area (Å²) in [6, 6.07) is 0. The van der Waals surface area contributed by atoms with Crippen LogP contribution in [0.25, 0.3) is 0 Å². The van der Waals surface area contributed by atoms with Gasteiger partial charge in [0.05, 0.1) is 12.5 Å². The van der Waals surface area contributed by atoms with Crippen molar-refractivity contribution < 1.29 is 4.79 Å². The third-order valence-corrected chi connectivity index (χ3v) is 2.33. The molecule has 0 aromatic rings. The lowest BCUT2D eigenvalue weighted by molar-refractivity contribution is -0.131. The van der Waals surface area contributed by atoms with Gasteiger partial charge in [0.1, 0.15) is 0 Å². The predicted molar refractivity (Wildman–Crippen MR) is 55.9 cm³/mol. The molecule has 0 fully saturated rings. The number of nitrogens with two attached hydrogens (primary N) is 1. The van der Waals surface area contributed by atoms with Crippen LogP contribution in [0.3, 0.4) is 0 Å². The van der Waals surface area contributed by atoms with Crippen LogP contribution >= 0.6 is 0 Å². The van der Waals surface area contributed by atoms with Crippen molar-refractivity contribution >= 4 is 11.6 Å². The van der Waals surface area contributed by atoms with Crippen molar-refractivity contribution in [1.29, 1.82) is 0 Å². The molecule has 1 heterocycles. The molecule has 80 valence electrons. The number of hydrogen-bond acceptors (Lipinski definition) is 4. The molecule has 1 atom stereocenters. The lowest BCUT2D eigenvalue weighted by Gasteiger charge is -2.16. The highest BCUT2D eigenvalue weighted by atomic mass is 16.2. The molecule has 0 radical (unpaired) electrons. The number of carbonyl (C=O) groups excluding carboxylic acids is 1. The van der Waals surface area contributed by atoms with Crippen LogP contribution < -0.4 is 5.73 Å². The van der Waals surface area contributed by atoms with Crippen LogP contribution in [0.5, 0.6) is 0 Å². The predicted octanol–water partition coefficient (Wildman–Crippen LogP) is -0.659. The highest BCUT2D eigenvalue weighted by molar-refractivity contribution is 6.07. The maximum atomic E-state index is 11.7. The molecule has 0 saturated heterocycles. The molecule has 1 aliphatic heterocycles. The van der Waals surface area contributed by atoms with Crippen molar-refractivity contribution in [2.24, 2.45) is 16.8 Å². The molecule has 0 bridgehead atoms. The second kappa shape index (κ2) is 4.52. The van der Waals surface area contributed by atoms with Gasteiger partial charge in [-0.25, -0.2) is 5.01 Å². The second-order valence-electron chi connectivity index (χ2n) is 3.79. The minimum absolute atomic E-state index is 0.0341. The molecule has 0 aliphatic carbocycles. The standard InChI is InChI=1S/C9H18N4O/c1-7-8(6-10)9(14)13(11-7)5-4-12(2)3/h8H,4-6,10H2,1-3H3. The summed E-state index contributed by atoms with van der Waals surface area (Å²) in [6.45, 7) is 3.66. The van der Waals surface area contributed by atoms with E-state index in [1.165, 1.54) is 5.01 Å². The van der Waals surface area contributed by atoms with E-state index in [4.69, 9.17) is 5.73 Å². The number of carbonyl (C=O) groups is 1. The van der Waals surface area contributed by atoms with Gasteiger partial charge in [-0.3, -0.25) is 4.79 Å². The van der Waals surface area contributed by atoms with Crippen molar-refractivity contribution in [1.82, 2.24) is 9.91 Å². The molecule has 5 nitrogen and oxygen atoms in total. The minimum atomic E-state index is -0.197. The molecule has 1 unspecified atom stereocenters. The first-order valence-corrected chi connectivity index (χ1v) is 4.77. The maximum absolute atomic E-state index is 11.7. The lowest BCUT2D eigenvalue weighted by Crippen LogP contribution is -2.35. The Hall–Kier alpha value is -0.940. The first kappa shape index (κ1) is 11.1. The number of likely N-dealkylation sites (N-methyl/N-ethyl adjacent to an activating group) is 1. The summed E-state index contributed by atoms with van der Waals surface area (Å²) in [4.78, 5) is 13.7. The van der Waals surface area contributed by atoms with Crippen LogP contribution in [0.15, 0.2) is 5.10 Å². The summed E-state index contributed by atoms with van der Waals surface area (Å²) in [7, 11) is 3.94. The second-order valence-corrected chi connectivity index (χ2v) is 3.79. The Bertz CT molecular complexity index is 249. The molecule has 1 aliphatic rings. The van der Waals surface area contributed by atoms with E-state index in [-0.39, 0.29) is 11.8 Å². The Labute approximate surface area is 84.5 Å². The quantitative estimate of drug-likeness (QED) is 0.652. The van der Waals surface area contributed by atoms with E-state index >= 15 is 0 Å². The number of rotatable bonds is 4. The van der Waals surface area contributed by atoms with Crippen LogP contribution in [0.4, 0.5) is 0 Å². The Kier molecular flexibility index (Phi) is 3.60. The van der Waals surface area contributed by atoms with E-state index in [9.17, 15) is 4.79 Å². The molecule has 0 aromatic heterocycles. The summed E-state index contributed by atoms with van der Waals surface area (Å²) in [5.74, 6) is -0.163. The number of amides is 1. The van der Waals surface area contributed by atoms with Gasteiger partial charge in [-0.1, -0.05) is 0 Å². The number of hydrogen-bond donors (Lipinski definition) is 1. The van der Waals surface area contributed by atoms with Gasteiger partial charge in [0.25, 0.3) is 5.91 Å². The average molecular weight is 198 g/mol. The summed E-state index contributed by atoms with van der Waals surface area (Å²) in [5, 5.41) is 5.71. The zero-order valence-electron chi connectivity index (χ0n) is 9.03. The Morgan fingerprint density at radius 1 is 1.57 bits per heavy atom. The van der Waals surface area contributed by atoms with Crippen LogP contribution in [0, 0.1) is 5.92 Å². The monoisotopic (exact) mass is 198 g/mol. The molecular weight excluding hydrogens is 180 g/mol. The van der Waals surface area contributed by atoms with Gasteiger partial charge in [-0.2, -0.15) is 5.10 Å². The SMILES string of the molecule is CC1=NN(CCN(C)C)C(=O)C1CN. The smallest absolute Gasteiger partial charge is 0.252 e. The number of hydrazone groups is 1. The summed E-state index contributed by atoms with van der Waals surface area (Å²) in [6.07, 6.45) is 0. The van der Waals surface area contributed by atoms with Crippen LogP contribution in [0.2, 0.25) is 0 Å². The summed E-state index contributed by atoms with van der Waals surface area (Å²) < 4.78 is 0. The van der Waals surface area contributed by atoms with Gasteiger partial charge in [-0.05, 0) is 21.0 Å². The summed E-state index contributed by atoms with van der Waals surface area (Å²) in [5.41, 5.74) is 6.32. The van der Waals surface area contributed by atoms with E-state index in [0.29, 0.717) is 13.1 Å².